The summed E-state index contributed by atoms with van der Waals surface area (Å²) in [5, 5.41) is 0.716. The first-order valence-corrected chi connectivity index (χ1v) is 9.81. The van der Waals surface area contributed by atoms with Crippen LogP contribution in [0.4, 0.5) is 12.9 Å². The highest BCUT2D eigenvalue weighted by atomic mass is 79.9. The Morgan fingerprint density at radius 3 is 2.45 bits per heavy atom. The first kappa shape index (κ1) is 18.7. The third kappa shape index (κ3) is 3.87. The van der Waals surface area contributed by atoms with Crippen molar-refractivity contribution in [2.24, 2.45) is 0 Å². The summed E-state index contributed by atoms with van der Waals surface area (Å²) in [6.07, 6.45) is 3.63. The standard InChI is InChI=1S/C13H14BrClOS2.BF3/c1-16-12-9(15)7-8-3-2-4-13(10(8)11(12)14)17-5-6-18-13;2-1(3)4/h7H,2-6H2,1H3;. The van der Waals surface area contributed by atoms with E-state index in [1.165, 1.54) is 35.5 Å². The number of aryl methyl sites for hydroxylation is 1. The van der Waals surface area contributed by atoms with Gasteiger partial charge in [0.2, 0.25) is 0 Å². The average molecular weight is 434 g/mol. The van der Waals surface area contributed by atoms with E-state index in [0.29, 0.717) is 5.02 Å². The number of fused-ring (bicyclic) bond motifs is 2. The van der Waals surface area contributed by atoms with Gasteiger partial charge in [0, 0.05) is 11.5 Å². The Labute approximate surface area is 150 Å². The van der Waals surface area contributed by atoms with E-state index in [1.807, 2.05) is 0 Å². The van der Waals surface area contributed by atoms with E-state index in [-0.39, 0.29) is 4.08 Å². The lowest BCUT2D eigenvalue weighted by Gasteiger charge is -2.35. The summed E-state index contributed by atoms with van der Waals surface area (Å²) < 4.78 is 35.7. The van der Waals surface area contributed by atoms with Crippen molar-refractivity contribution in [3.63, 3.8) is 0 Å². The van der Waals surface area contributed by atoms with Gasteiger partial charge in [0.25, 0.3) is 0 Å². The smallest absolute Gasteiger partial charge is 0.494 e. The Balaban J connectivity index is 0.000000396. The molecule has 0 N–H and O–H groups in total. The highest BCUT2D eigenvalue weighted by Gasteiger charge is 2.43. The van der Waals surface area contributed by atoms with Crippen LogP contribution in [0.1, 0.15) is 24.0 Å². The van der Waals surface area contributed by atoms with Crippen molar-refractivity contribution in [2.45, 2.75) is 23.3 Å². The van der Waals surface area contributed by atoms with Gasteiger partial charge in [0.15, 0.2) is 5.75 Å². The first-order chi connectivity index (χ1) is 10.4. The fraction of sp³-hybridized carbons (Fsp3) is 0.538. The maximum atomic E-state index is 9.67. The lowest BCUT2D eigenvalue weighted by molar-refractivity contribution is 0.410. The summed E-state index contributed by atoms with van der Waals surface area (Å²) in [7, 11) is -1.98. The Bertz CT molecular complexity index is 542. The van der Waals surface area contributed by atoms with E-state index in [0.717, 1.165) is 16.6 Å². The van der Waals surface area contributed by atoms with Crippen LogP contribution in [0.5, 0.6) is 5.75 Å². The number of ether oxygens (including phenoxy) is 1. The third-order valence-corrected chi connectivity index (χ3v) is 8.12. The summed E-state index contributed by atoms with van der Waals surface area (Å²) in [5.41, 5.74) is 2.81. The summed E-state index contributed by atoms with van der Waals surface area (Å²) in [4.78, 5) is 0. The van der Waals surface area contributed by atoms with Crippen LogP contribution in [-0.2, 0) is 10.5 Å². The van der Waals surface area contributed by atoms with Crippen molar-refractivity contribution in [3.05, 3.63) is 26.7 Å². The van der Waals surface area contributed by atoms with E-state index in [2.05, 4.69) is 45.5 Å². The number of methoxy groups -OCH3 is 1. The normalized spacial score (nSPS) is 18.5. The Kier molecular flexibility index (Phi) is 6.75. The summed E-state index contributed by atoms with van der Waals surface area (Å²) in [6, 6.07) is 2.10. The molecule has 1 aliphatic heterocycles. The van der Waals surface area contributed by atoms with Crippen molar-refractivity contribution < 1.29 is 17.7 Å². The molecule has 122 valence electrons. The minimum atomic E-state index is -3.67. The molecule has 0 radical (unpaired) electrons. The van der Waals surface area contributed by atoms with Crippen molar-refractivity contribution in [1.82, 2.24) is 0 Å². The van der Waals surface area contributed by atoms with Gasteiger partial charge >= 0.3 is 7.54 Å². The highest BCUT2D eigenvalue weighted by Crippen LogP contribution is 2.61. The topological polar surface area (TPSA) is 9.23 Å². The largest absolute Gasteiger partial charge is 0.762 e. The molecule has 0 amide bonds. The maximum Gasteiger partial charge on any atom is 0.762 e. The third-order valence-electron chi connectivity index (χ3n) is 3.55. The van der Waals surface area contributed by atoms with E-state index in [4.69, 9.17) is 16.3 Å². The number of rotatable bonds is 1. The van der Waals surface area contributed by atoms with Crippen molar-refractivity contribution in [1.29, 1.82) is 0 Å². The van der Waals surface area contributed by atoms with E-state index >= 15 is 0 Å². The maximum absolute atomic E-state index is 9.67. The molecule has 1 heterocycles. The zero-order valence-corrected chi connectivity index (χ0v) is 15.8. The zero-order valence-electron chi connectivity index (χ0n) is 11.8. The van der Waals surface area contributed by atoms with Gasteiger partial charge in [-0.1, -0.05) is 11.6 Å². The number of benzene rings is 1. The number of hydrogen-bond donors (Lipinski definition) is 0. The van der Waals surface area contributed by atoms with Crippen LogP contribution >= 0.6 is 51.1 Å². The highest BCUT2D eigenvalue weighted by molar-refractivity contribution is 9.10. The first-order valence-electron chi connectivity index (χ1n) is 6.67. The second-order valence-electron chi connectivity index (χ2n) is 4.79. The quantitative estimate of drug-likeness (QED) is 0.506. The molecule has 0 atom stereocenters. The SMILES string of the molecule is COc1c(Cl)cc2c(c1Br)C1(CCC2)SCCS1.FB(F)F. The molecule has 1 spiro atoms. The van der Waals surface area contributed by atoms with Crippen LogP contribution in [0.15, 0.2) is 10.5 Å². The Morgan fingerprint density at radius 2 is 1.91 bits per heavy atom. The molecule has 1 nitrogen and oxygen atoms in total. The molecular formula is C13H14BBrClF3OS2. The summed E-state index contributed by atoms with van der Waals surface area (Å²) in [5.74, 6) is 3.26. The number of thioether (sulfide) groups is 2. The minimum absolute atomic E-state index is 0.226. The monoisotopic (exact) mass is 432 g/mol. The second-order valence-corrected chi connectivity index (χ2v) is 9.04. The van der Waals surface area contributed by atoms with Crippen LogP contribution in [0.25, 0.3) is 0 Å². The van der Waals surface area contributed by atoms with E-state index < -0.39 is 7.54 Å². The molecule has 1 aromatic carbocycles. The second kappa shape index (κ2) is 7.95. The summed E-state index contributed by atoms with van der Waals surface area (Å²) >= 11 is 14.2. The molecule has 0 aromatic heterocycles. The van der Waals surface area contributed by atoms with Crippen LogP contribution in [-0.4, -0.2) is 26.2 Å². The van der Waals surface area contributed by atoms with Gasteiger partial charge in [-0.3, -0.25) is 12.9 Å². The van der Waals surface area contributed by atoms with E-state index in [9.17, 15) is 12.9 Å². The van der Waals surface area contributed by atoms with Crippen LogP contribution in [0.2, 0.25) is 5.02 Å². The lowest BCUT2D eigenvalue weighted by atomic mass is 9.90. The van der Waals surface area contributed by atoms with Gasteiger partial charge < -0.3 is 4.74 Å². The van der Waals surface area contributed by atoms with Crippen LogP contribution < -0.4 is 4.74 Å². The van der Waals surface area contributed by atoms with Crippen molar-refractivity contribution in [3.8, 4) is 5.75 Å². The van der Waals surface area contributed by atoms with Gasteiger partial charge in [-0.15, -0.1) is 23.5 Å². The predicted octanol–water partition coefficient (Wildman–Crippen LogP) is 5.96. The molecule has 1 aromatic rings. The Hall–Kier alpha value is 0.345. The number of halogens is 5. The number of hydrogen-bond acceptors (Lipinski definition) is 3. The fourth-order valence-corrected chi connectivity index (χ4v) is 7.97. The van der Waals surface area contributed by atoms with Gasteiger partial charge in [-0.2, -0.15) is 0 Å². The van der Waals surface area contributed by atoms with E-state index in [1.54, 1.807) is 7.11 Å². The molecule has 0 unspecified atom stereocenters. The summed E-state index contributed by atoms with van der Waals surface area (Å²) in [6.45, 7) is 0. The molecule has 2 aliphatic rings. The van der Waals surface area contributed by atoms with Crippen molar-refractivity contribution >= 4 is 58.6 Å². The van der Waals surface area contributed by atoms with Gasteiger partial charge in [-0.25, -0.2) is 0 Å². The molecular weight excluding hydrogens is 419 g/mol. The predicted molar refractivity (Wildman–Crippen MR) is 94.3 cm³/mol. The zero-order chi connectivity index (χ0) is 16.3. The van der Waals surface area contributed by atoms with Gasteiger partial charge in [0.05, 0.1) is 20.7 Å². The van der Waals surface area contributed by atoms with Gasteiger partial charge in [0.1, 0.15) is 0 Å². The fourth-order valence-electron chi connectivity index (χ4n) is 2.83. The molecule has 0 bridgehead atoms. The average Bonchev–Trinajstić information content (AvgIpc) is 2.87. The minimum Gasteiger partial charge on any atom is -0.494 e. The van der Waals surface area contributed by atoms with Crippen molar-refractivity contribution in [2.75, 3.05) is 18.6 Å². The van der Waals surface area contributed by atoms with Crippen LogP contribution in [0, 0.1) is 0 Å². The molecule has 1 saturated heterocycles. The molecule has 1 aliphatic carbocycles. The molecule has 22 heavy (non-hydrogen) atoms. The lowest BCUT2D eigenvalue weighted by Crippen LogP contribution is -2.23. The molecule has 3 rings (SSSR count). The molecule has 0 saturated carbocycles. The Morgan fingerprint density at radius 1 is 1.32 bits per heavy atom. The van der Waals surface area contributed by atoms with Crippen LogP contribution in [0.3, 0.4) is 0 Å². The van der Waals surface area contributed by atoms with Gasteiger partial charge in [-0.05, 0) is 52.4 Å². The molecule has 9 heteroatoms. The molecule has 1 fully saturated rings.